The van der Waals surface area contributed by atoms with E-state index in [1.54, 1.807) is 0 Å². The molecule has 0 aromatic heterocycles. The molecule has 0 saturated carbocycles. The van der Waals surface area contributed by atoms with Gasteiger partial charge in [-0.15, -0.1) is 0 Å². The van der Waals surface area contributed by atoms with E-state index in [4.69, 9.17) is 5.53 Å². The van der Waals surface area contributed by atoms with Gasteiger partial charge < -0.3 is 4.90 Å². The van der Waals surface area contributed by atoms with Crippen LogP contribution in [0.3, 0.4) is 0 Å². The monoisotopic (exact) mass is 208 g/mol. The summed E-state index contributed by atoms with van der Waals surface area (Å²) in [5.41, 5.74) is 8.25. The quantitative estimate of drug-likeness (QED) is 0.399. The van der Waals surface area contributed by atoms with Crippen molar-refractivity contribution in [2.45, 2.75) is 50.6 Å². The molecule has 0 N–H and O–H groups in total. The molecule has 0 radical (unpaired) electrons. The second-order valence-corrected chi connectivity index (χ2v) is 4.98. The summed E-state index contributed by atoms with van der Waals surface area (Å²) in [7, 11) is 2.28. The highest BCUT2D eigenvalue weighted by molar-refractivity contribution is 4.90. The van der Waals surface area contributed by atoms with Crippen molar-refractivity contribution in [3.8, 4) is 0 Å². The lowest BCUT2D eigenvalue weighted by molar-refractivity contribution is 0.0349. The minimum absolute atomic E-state index is 0.685. The van der Waals surface area contributed by atoms with Crippen LogP contribution in [0.1, 0.15) is 38.5 Å². The Hall–Kier alpha value is -0.730. The molecule has 15 heavy (non-hydrogen) atoms. The molecule has 0 aromatic rings. The lowest BCUT2D eigenvalue weighted by Gasteiger charge is -2.47. The summed E-state index contributed by atoms with van der Waals surface area (Å²) in [4.78, 5) is 5.40. The molecule has 2 unspecified atom stereocenters. The number of hydrogen-bond donors (Lipinski definition) is 0. The van der Waals surface area contributed by atoms with E-state index in [1.165, 1.54) is 32.1 Å². The minimum Gasteiger partial charge on any atom is -0.300 e. The molecular weight excluding hydrogens is 188 g/mol. The summed E-state index contributed by atoms with van der Waals surface area (Å²) in [5, 5.41) is 3.65. The van der Waals surface area contributed by atoms with Gasteiger partial charge in [-0.1, -0.05) is 11.5 Å². The first-order valence-corrected chi connectivity index (χ1v) is 6.04. The number of rotatable bonds is 3. The molecule has 0 amide bonds. The molecule has 2 atom stereocenters. The van der Waals surface area contributed by atoms with E-state index >= 15 is 0 Å². The van der Waals surface area contributed by atoms with Crippen molar-refractivity contribution in [3.63, 3.8) is 0 Å². The maximum absolute atomic E-state index is 8.25. The maximum atomic E-state index is 8.25. The predicted octanol–water partition coefficient (Wildman–Crippen LogP) is 2.95. The third kappa shape index (κ3) is 2.44. The summed E-state index contributed by atoms with van der Waals surface area (Å²) in [6.07, 6.45) is 7.85. The normalized spacial score (nSPS) is 35.9. The summed E-state index contributed by atoms with van der Waals surface area (Å²) in [6, 6.07) is 1.60. The van der Waals surface area contributed by atoms with Gasteiger partial charge in [0.15, 0.2) is 0 Å². The lowest BCUT2D eigenvalue weighted by Crippen LogP contribution is -2.49. The average molecular weight is 208 g/mol. The van der Waals surface area contributed by atoms with Crippen LogP contribution in [-0.2, 0) is 0 Å². The third-order valence-corrected chi connectivity index (χ3v) is 4.14. The smallest absolute Gasteiger partial charge is 0.0260 e. The molecule has 2 aliphatic heterocycles. The van der Waals surface area contributed by atoms with Crippen molar-refractivity contribution in [1.82, 2.24) is 4.90 Å². The van der Waals surface area contributed by atoms with Crippen LogP contribution in [-0.4, -0.2) is 30.6 Å². The number of fused-ring (bicyclic) bond motifs is 2. The van der Waals surface area contributed by atoms with Crippen LogP contribution in [0.4, 0.5) is 0 Å². The van der Waals surface area contributed by atoms with Crippen molar-refractivity contribution < 1.29 is 0 Å². The van der Waals surface area contributed by atoms with E-state index in [1.807, 2.05) is 0 Å². The number of piperidine rings is 2. The highest BCUT2D eigenvalue weighted by Crippen LogP contribution is 2.36. The van der Waals surface area contributed by atoms with Gasteiger partial charge in [0.25, 0.3) is 0 Å². The van der Waals surface area contributed by atoms with E-state index in [-0.39, 0.29) is 0 Å². The molecule has 0 aliphatic carbocycles. The van der Waals surface area contributed by atoms with Gasteiger partial charge in [-0.3, -0.25) is 0 Å². The standard InChI is InChI=1S/C11H20N4/c1-15-10-3-2-4-11(15)8-9(7-10)5-6-13-14-12/h9-11H,2-8H2,1H3. The lowest BCUT2D eigenvalue weighted by atomic mass is 9.77. The van der Waals surface area contributed by atoms with Gasteiger partial charge in [0.05, 0.1) is 0 Å². The Bertz CT molecular complexity index is 245. The van der Waals surface area contributed by atoms with Crippen molar-refractivity contribution in [3.05, 3.63) is 10.4 Å². The molecule has 2 saturated heterocycles. The summed E-state index contributed by atoms with van der Waals surface area (Å²) < 4.78 is 0. The van der Waals surface area contributed by atoms with Crippen LogP contribution < -0.4 is 0 Å². The Kier molecular flexibility index (Phi) is 3.49. The average Bonchev–Trinajstić information content (AvgIpc) is 2.19. The number of azide groups is 1. The highest BCUT2D eigenvalue weighted by atomic mass is 15.2. The van der Waals surface area contributed by atoms with Crippen molar-refractivity contribution >= 4 is 0 Å². The molecule has 0 aromatic carbocycles. The molecular formula is C11H20N4. The fourth-order valence-electron chi connectivity index (χ4n) is 3.25. The first kappa shape index (κ1) is 10.8. The Labute approximate surface area is 91.3 Å². The Morgan fingerprint density at radius 3 is 2.60 bits per heavy atom. The number of hydrogen-bond acceptors (Lipinski definition) is 2. The highest BCUT2D eigenvalue weighted by Gasteiger charge is 2.35. The molecule has 4 heteroatoms. The Balaban J connectivity index is 1.87. The van der Waals surface area contributed by atoms with Crippen LogP contribution in [0.2, 0.25) is 0 Å². The fourth-order valence-corrected chi connectivity index (χ4v) is 3.25. The first-order valence-electron chi connectivity index (χ1n) is 6.04. The molecule has 4 nitrogen and oxygen atoms in total. The third-order valence-electron chi connectivity index (χ3n) is 4.14. The van der Waals surface area contributed by atoms with Crippen molar-refractivity contribution in [2.75, 3.05) is 13.6 Å². The van der Waals surface area contributed by atoms with Gasteiger partial charge in [0.2, 0.25) is 0 Å². The van der Waals surface area contributed by atoms with Gasteiger partial charge >= 0.3 is 0 Å². The van der Waals surface area contributed by atoms with E-state index in [0.29, 0.717) is 6.54 Å². The van der Waals surface area contributed by atoms with E-state index in [2.05, 4.69) is 22.0 Å². The van der Waals surface area contributed by atoms with Crippen LogP contribution in [0.15, 0.2) is 5.11 Å². The minimum atomic E-state index is 0.685. The van der Waals surface area contributed by atoms with Crippen LogP contribution in [0.25, 0.3) is 10.4 Å². The summed E-state index contributed by atoms with van der Waals surface area (Å²) in [6.45, 7) is 0.685. The molecule has 2 fully saturated rings. The maximum Gasteiger partial charge on any atom is 0.0260 e. The molecule has 2 bridgehead atoms. The topological polar surface area (TPSA) is 52.0 Å². The van der Waals surface area contributed by atoms with Gasteiger partial charge in [0, 0.05) is 23.5 Å². The Morgan fingerprint density at radius 2 is 2.00 bits per heavy atom. The number of nitrogens with zero attached hydrogens (tertiary/aromatic N) is 4. The second-order valence-electron chi connectivity index (χ2n) is 4.98. The van der Waals surface area contributed by atoms with Crippen LogP contribution in [0, 0.1) is 5.92 Å². The largest absolute Gasteiger partial charge is 0.300 e. The van der Waals surface area contributed by atoms with Crippen molar-refractivity contribution in [2.24, 2.45) is 11.0 Å². The van der Waals surface area contributed by atoms with Gasteiger partial charge in [0.1, 0.15) is 0 Å². The molecule has 2 heterocycles. The van der Waals surface area contributed by atoms with Gasteiger partial charge in [-0.05, 0) is 50.6 Å². The molecule has 0 spiro atoms. The van der Waals surface area contributed by atoms with Crippen LogP contribution in [0.5, 0.6) is 0 Å². The fraction of sp³-hybridized carbons (Fsp3) is 1.00. The van der Waals surface area contributed by atoms with E-state index in [0.717, 1.165) is 24.4 Å². The SMILES string of the molecule is CN1C2CCCC1CC(CCN=[N+]=[N-])C2. The van der Waals surface area contributed by atoms with Gasteiger partial charge in [-0.2, -0.15) is 0 Å². The van der Waals surface area contributed by atoms with Crippen molar-refractivity contribution in [1.29, 1.82) is 0 Å². The van der Waals surface area contributed by atoms with E-state index in [9.17, 15) is 0 Å². The zero-order valence-electron chi connectivity index (χ0n) is 9.47. The summed E-state index contributed by atoms with van der Waals surface area (Å²) >= 11 is 0. The first-order chi connectivity index (χ1) is 7.31. The zero-order chi connectivity index (χ0) is 10.7. The zero-order valence-corrected chi connectivity index (χ0v) is 9.47. The summed E-state index contributed by atoms with van der Waals surface area (Å²) in [5.74, 6) is 0.794. The van der Waals surface area contributed by atoms with Crippen LogP contribution >= 0.6 is 0 Å². The molecule has 2 rings (SSSR count). The molecule has 84 valence electrons. The predicted molar refractivity (Wildman–Crippen MR) is 60.5 cm³/mol. The van der Waals surface area contributed by atoms with Gasteiger partial charge in [-0.25, -0.2) is 0 Å². The second kappa shape index (κ2) is 4.86. The molecule has 2 aliphatic rings. The Morgan fingerprint density at radius 1 is 1.33 bits per heavy atom. The van der Waals surface area contributed by atoms with E-state index < -0.39 is 0 Å².